The summed E-state index contributed by atoms with van der Waals surface area (Å²) in [6.07, 6.45) is 2.32. The molecule has 2 fully saturated rings. The average molecular weight is 325 g/mol. The van der Waals surface area contributed by atoms with Crippen molar-refractivity contribution in [2.75, 3.05) is 27.2 Å². The lowest BCUT2D eigenvalue weighted by atomic mass is 10.1. The minimum Gasteiger partial charge on any atom is -0.357 e. The molecule has 0 aromatic carbocycles. The first kappa shape index (κ1) is 17.7. The number of hydrogen-bond donors (Lipinski definition) is 4. The molecule has 2 heterocycles. The van der Waals surface area contributed by atoms with Gasteiger partial charge >= 0.3 is 0 Å². The average Bonchev–Trinajstić information content (AvgIpc) is 2.97. The van der Waals surface area contributed by atoms with Crippen molar-refractivity contribution in [3.63, 3.8) is 0 Å². The summed E-state index contributed by atoms with van der Waals surface area (Å²) in [5.41, 5.74) is 0. The molecule has 2 aliphatic rings. The van der Waals surface area contributed by atoms with E-state index in [-0.39, 0.29) is 29.8 Å². The molecule has 23 heavy (non-hydrogen) atoms. The van der Waals surface area contributed by atoms with Gasteiger partial charge in [-0.3, -0.25) is 14.4 Å². The Kier molecular flexibility index (Phi) is 5.95. The fraction of sp³-hybridized carbons (Fsp3) is 0.800. The van der Waals surface area contributed by atoms with Gasteiger partial charge in [-0.25, -0.2) is 0 Å². The molecule has 8 nitrogen and oxygen atoms in total. The lowest BCUT2D eigenvalue weighted by molar-refractivity contribution is -0.143. The zero-order valence-electron chi connectivity index (χ0n) is 14.0. The molecule has 0 aromatic rings. The van der Waals surface area contributed by atoms with Crippen LogP contribution < -0.4 is 21.3 Å². The van der Waals surface area contributed by atoms with E-state index in [2.05, 4.69) is 21.3 Å². The number of hydrogen-bond acceptors (Lipinski definition) is 5. The second kappa shape index (κ2) is 7.74. The molecule has 130 valence electrons. The van der Waals surface area contributed by atoms with Gasteiger partial charge in [-0.05, 0) is 39.8 Å². The predicted octanol–water partition coefficient (Wildman–Crippen LogP) is -1.82. The summed E-state index contributed by atoms with van der Waals surface area (Å²) in [6, 6.07) is -1.40. The number of nitrogens with one attached hydrogen (secondary N) is 4. The Balaban J connectivity index is 2.16. The van der Waals surface area contributed by atoms with Crippen LogP contribution in [0, 0.1) is 0 Å². The van der Waals surface area contributed by atoms with E-state index in [0.29, 0.717) is 13.0 Å². The number of fused-ring (bicyclic) bond motifs is 1. The third kappa shape index (κ3) is 3.81. The third-order valence-electron chi connectivity index (χ3n) is 4.75. The summed E-state index contributed by atoms with van der Waals surface area (Å²) >= 11 is 0. The lowest BCUT2D eigenvalue weighted by Gasteiger charge is -2.35. The van der Waals surface area contributed by atoms with Crippen molar-refractivity contribution in [1.82, 2.24) is 26.2 Å². The van der Waals surface area contributed by atoms with Gasteiger partial charge in [-0.15, -0.1) is 0 Å². The molecule has 3 amide bonds. The minimum absolute atomic E-state index is 0.0544. The molecule has 4 N–H and O–H groups in total. The topological polar surface area (TPSA) is 103 Å². The van der Waals surface area contributed by atoms with Crippen LogP contribution in [0.25, 0.3) is 0 Å². The smallest absolute Gasteiger partial charge is 0.247 e. The molecule has 4 atom stereocenters. The molecule has 4 unspecified atom stereocenters. The minimum atomic E-state index is -0.647. The van der Waals surface area contributed by atoms with E-state index in [0.717, 1.165) is 19.4 Å². The van der Waals surface area contributed by atoms with Crippen LogP contribution in [0.5, 0.6) is 0 Å². The van der Waals surface area contributed by atoms with Crippen molar-refractivity contribution in [3.8, 4) is 0 Å². The van der Waals surface area contributed by atoms with E-state index in [1.165, 1.54) is 0 Å². The highest BCUT2D eigenvalue weighted by Crippen LogP contribution is 2.28. The van der Waals surface area contributed by atoms with Gasteiger partial charge < -0.3 is 26.2 Å². The molecule has 8 heteroatoms. The van der Waals surface area contributed by atoms with Crippen LogP contribution >= 0.6 is 0 Å². The zero-order chi connectivity index (χ0) is 17.0. The monoisotopic (exact) mass is 325 g/mol. The number of rotatable bonds is 4. The molecule has 0 radical (unpaired) electrons. The summed E-state index contributed by atoms with van der Waals surface area (Å²) in [5, 5.41) is 11.5. The Hall–Kier alpha value is -1.67. The molecular weight excluding hydrogens is 298 g/mol. The van der Waals surface area contributed by atoms with Crippen molar-refractivity contribution in [3.05, 3.63) is 0 Å². The normalized spacial score (nSPS) is 29.3. The Morgan fingerprint density at radius 3 is 2.65 bits per heavy atom. The molecule has 0 saturated carbocycles. The first-order valence-corrected chi connectivity index (χ1v) is 8.21. The maximum atomic E-state index is 12.9. The first-order valence-electron chi connectivity index (χ1n) is 8.21. The van der Waals surface area contributed by atoms with Crippen molar-refractivity contribution < 1.29 is 14.4 Å². The van der Waals surface area contributed by atoms with Gasteiger partial charge in [0.2, 0.25) is 17.7 Å². The van der Waals surface area contributed by atoms with Crippen molar-refractivity contribution in [2.24, 2.45) is 0 Å². The van der Waals surface area contributed by atoms with Crippen LogP contribution in [0.1, 0.15) is 26.2 Å². The highest BCUT2D eigenvalue weighted by molar-refractivity contribution is 5.93. The molecular formula is C15H27N5O3. The van der Waals surface area contributed by atoms with Crippen LogP contribution in [0.4, 0.5) is 0 Å². The van der Waals surface area contributed by atoms with Crippen molar-refractivity contribution in [1.29, 1.82) is 0 Å². The summed E-state index contributed by atoms with van der Waals surface area (Å²) in [6.45, 7) is 2.88. The van der Waals surface area contributed by atoms with Crippen molar-refractivity contribution in [2.45, 2.75) is 50.4 Å². The molecule has 0 spiro atoms. The standard InChI is InChI=1S/C15H27N5O3/c1-9(16-2)13(21)19-11-8-18-7-6-10-4-5-12(14(22)17-3)20(10)15(11)23/h9-12,16,18H,4-8H2,1-3H3,(H,17,22)(H,19,21). The number of carbonyl (C=O) groups is 3. The van der Waals surface area contributed by atoms with E-state index < -0.39 is 12.1 Å². The molecule has 0 bridgehead atoms. The quantitative estimate of drug-likeness (QED) is 0.487. The number of nitrogens with zero attached hydrogens (tertiary/aromatic N) is 1. The number of amides is 3. The van der Waals surface area contributed by atoms with E-state index >= 15 is 0 Å². The molecule has 0 aromatic heterocycles. The molecule has 2 rings (SSSR count). The SMILES string of the molecule is CNC(=O)C1CCC2CCNCC(NC(=O)C(C)NC)C(=O)N21. The van der Waals surface area contributed by atoms with Gasteiger partial charge in [-0.1, -0.05) is 0 Å². The van der Waals surface area contributed by atoms with Crippen LogP contribution in [-0.2, 0) is 14.4 Å². The van der Waals surface area contributed by atoms with Gasteiger partial charge in [0, 0.05) is 19.6 Å². The second-order valence-electron chi connectivity index (χ2n) is 6.17. The molecule has 0 aliphatic carbocycles. The van der Waals surface area contributed by atoms with E-state index in [1.54, 1.807) is 25.9 Å². The molecule has 2 aliphatic heterocycles. The van der Waals surface area contributed by atoms with Gasteiger partial charge in [0.15, 0.2) is 0 Å². The highest BCUT2D eigenvalue weighted by atomic mass is 16.2. The summed E-state index contributed by atoms with van der Waals surface area (Å²) < 4.78 is 0. The summed E-state index contributed by atoms with van der Waals surface area (Å²) in [5.74, 6) is -0.534. The van der Waals surface area contributed by atoms with E-state index in [1.807, 2.05) is 0 Å². The summed E-state index contributed by atoms with van der Waals surface area (Å²) in [4.78, 5) is 38.8. The van der Waals surface area contributed by atoms with Crippen molar-refractivity contribution >= 4 is 17.7 Å². The van der Waals surface area contributed by atoms with E-state index in [9.17, 15) is 14.4 Å². The Morgan fingerprint density at radius 2 is 2.00 bits per heavy atom. The largest absolute Gasteiger partial charge is 0.357 e. The van der Waals surface area contributed by atoms with Gasteiger partial charge in [-0.2, -0.15) is 0 Å². The third-order valence-corrected chi connectivity index (χ3v) is 4.75. The highest BCUT2D eigenvalue weighted by Gasteiger charge is 2.43. The lowest BCUT2D eigenvalue weighted by Crippen LogP contribution is -2.61. The Labute approximate surface area is 136 Å². The maximum Gasteiger partial charge on any atom is 0.247 e. The van der Waals surface area contributed by atoms with Crippen LogP contribution in [0.3, 0.4) is 0 Å². The number of carbonyl (C=O) groups excluding carboxylic acids is 3. The molecule has 2 saturated heterocycles. The second-order valence-corrected chi connectivity index (χ2v) is 6.17. The first-order chi connectivity index (χ1) is 11.0. The van der Waals surface area contributed by atoms with Gasteiger partial charge in [0.1, 0.15) is 12.1 Å². The Bertz CT molecular complexity index is 470. The fourth-order valence-electron chi connectivity index (χ4n) is 3.25. The Morgan fingerprint density at radius 1 is 1.26 bits per heavy atom. The van der Waals surface area contributed by atoms with Crippen LogP contribution in [-0.4, -0.2) is 74.0 Å². The van der Waals surface area contributed by atoms with Crippen LogP contribution in [0.2, 0.25) is 0 Å². The van der Waals surface area contributed by atoms with E-state index in [4.69, 9.17) is 0 Å². The maximum absolute atomic E-state index is 12.9. The van der Waals surface area contributed by atoms with Gasteiger partial charge in [0.05, 0.1) is 6.04 Å². The predicted molar refractivity (Wildman–Crippen MR) is 85.7 cm³/mol. The number of likely N-dealkylation sites (N-methyl/N-ethyl adjacent to an activating group) is 2. The van der Waals surface area contributed by atoms with Gasteiger partial charge in [0.25, 0.3) is 0 Å². The summed E-state index contributed by atoms with van der Waals surface area (Å²) in [7, 11) is 3.28. The fourth-order valence-corrected chi connectivity index (χ4v) is 3.25. The zero-order valence-corrected chi connectivity index (χ0v) is 14.0. The van der Waals surface area contributed by atoms with Crippen LogP contribution in [0.15, 0.2) is 0 Å².